The number of hydrogen-bond donors (Lipinski definition) is 1. The Bertz CT molecular complexity index is 884. The van der Waals surface area contributed by atoms with Crippen LogP contribution in [0.15, 0.2) is 24.3 Å². The van der Waals surface area contributed by atoms with Crippen LogP contribution in [-0.2, 0) is 37.7 Å². The van der Waals surface area contributed by atoms with Gasteiger partial charge < -0.3 is 5.11 Å². The number of ketones is 1. The standard InChI is InChI=1S/C26H34O2/c1-7-17-13-20(10-4)24(21(11-5)14-17)26(28)16(6)22-15-18(8-2)12-19(9-3)23(22)25(26)27/h12-16,28H,7-11H2,1-6H3/t16-,26-/m0/s1. The second-order valence-corrected chi connectivity index (χ2v) is 8.09. The Morgan fingerprint density at radius 1 is 0.786 bits per heavy atom. The van der Waals surface area contributed by atoms with E-state index in [2.05, 4.69) is 58.9 Å². The van der Waals surface area contributed by atoms with Gasteiger partial charge in [0.15, 0.2) is 11.4 Å². The van der Waals surface area contributed by atoms with Gasteiger partial charge in [0.25, 0.3) is 0 Å². The average molecular weight is 379 g/mol. The summed E-state index contributed by atoms with van der Waals surface area (Å²) in [6.45, 7) is 12.6. The number of rotatable bonds is 6. The molecule has 1 aliphatic carbocycles. The number of Topliss-reactive ketones (excluding diaryl/α,β-unsaturated/α-hetero) is 1. The Kier molecular flexibility index (Phi) is 5.82. The van der Waals surface area contributed by atoms with Crippen molar-refractivity contribution in [1.29, 1.82) is 0 Å². The molecule has 1 aliphatic rings. The van der Waals surface area contributed by atoms with Gasteiger partial charge in [-0.3, -0.25) is 4.79 Å². The smallest absolute Gasteiger partial charge is 0.200 e. The van der Waals surface area contributed by atoms with Crippen LogP contribution in [0.1, 0.15) is 96.8 Å². The molecule has 0 saturated carbocycles. The number of benzene rings is 2. The molecule has 0 unspecified atom stereocenters. The van der Waals surface area contributed by atoms with Crippen molar-refractivity contribution in [2.45, 2.75) is 85.2 Å². The highest BCUT2D eigenvalue weighted by molar-refractivity contribution is 6.09. The molecule has 2 atom stereocenters. The third-order valence-corrected chi connectivity index (χ3v) is 6.68. The second-order valence-electron chi connectivity index (χ2n) is 8.09. The molecule has 0 spiro atoms. The lowest BCUT2D eigenvalue weighted by Crippen LogP contribution is -2.37. The molecule has 0 amide bonds. The number of hydrogen-bond acceptors (Lipinski definition) is 2. The fourth-order valence-corrected chi connectivity index (χ4v) is 4.93. The quantitative estimate of drug-likeness (QED) is 0.701. The van der Waals surface area contributed by atoms with Gasteiger partial charge in [-0.15, -0.1) is 0 Å². The Labute approximate surface area is 170 Å². The van der Waals surface area contributed by atoms with Crippen molar-refractivity contribution in [2.24, 2.45) is 0 Å². The Hall–Kier alpha value is -1.93. The predicted molar refractivity (Wildman–Crippen MR) is 116 cm³/mol. The van der Waals surface area contributed by atoms with Crippen LogP contribution < -0.4 is 0 Å². The van der Waals surface area contributed by atoms with Gasteiger partial charge in [0, 0.05) is 11.5 Å². The summed E-state index contributed by atoms with van der Waals surface area (Å²) in [5.74, 6) is -0.349. The van der Waals surface area contributed by atoms with Crippen molar-refractivity contribution in [3.05, 3.63) is 68.8 Å². The molecule has 2 heteroatoms. The summed E-state index contributed by atoms with van der Waals surface area (Å²) in [6, 6.07) is 8.67. The van der Waals surface area contributed by atoms with Gasteiger partial charge in [-0.1, -0.05) is 65.8 Å². The molecule has 0 heterocycles. The van der Waals surface area contributed by atoms with E-state index in [1.807, 2.05) is 6.92 Å². The monoisotopic (exact) mass is 378 g/mol. The normalized spacial score (nSPS) is 21.2. The van der Waals surface area contributed by atoms with Crippen molar-refractivity contribution < 1.29 is 9.90 Å². The summed E-state index contributed by atoms with van der Waals surface area (Å²) in [7, 11) is 0. The minimum Gasteiger partial charge on any atom is -0.376 e. The lowest BCUT2D eigenvalue weighted by atomic mass is 9.76. The van der Waals surface area contributed by atoms with E-state index in [-0.39, 0.29) is 11.7 Å². The third kappa shape index (κ3) is 2.93. The van der Waals surface area contributed by atoms with E-state index in [9.17, 15) is 9.90 Å². The summed E-state index contributed by atoms with van der Waals surface area (Å²) >= 11 is 0. The lowest BCUT2D eigenvalue weighted by Gasteiger charge is -2.32. The van der Waals surface area contributed by atoms with Gasteiger partial charge >= 0.3 is 0 Å². The van der Waals surface area contributed by atoms with Crippen LogP contribution >= 0.6 is 0 Å². The molecule has 0 radical (unpaired) electrons. The first-order valence-electron chi connectivity index (χ1n) is 10.9. The van der Waals surface area contributed by atoms with Crippen LogP contribution in [0.4, 0.5) is 0 Å². The molecule has 3 rings (SSSR count). The minimum absolute atomic E-state index is 0.108. The van der Waals surface area contributed by atoms with Gasteiger partial charge in [0.1, 0.15) is 0 Å². The predicted octanol–water partition coefficient (Wildman–Crippen LogP) is 5.69. The summed E-state index contributed by atoms with van der Waals surface area (Å²) in [6.07, 6.45) is 4.33. The van der Waals surface area contributed by atoms with Gasteiger partial charge in [0.05, 0.1) is 0 Å². The third-order valence-electron chi connectivity index (χ3n) is 6.68. The highest BCUT2D eigenvalue weighted by Crippen LogP contribution is 2.50. The first-order chi connectivity index (χ1) is 13.4. The molecule has 0 fully saturated rings. The van der Waals surface area contributed by atoms with Gasteiger partial charge in [-0.25, -0.2) is 0 Å². The molecule has 2 aromatic carbocycles. The van der Waals surface area contributed by atoms with Crippen LogP contribution in [0.5, 0.6) is 0 Å². The number of fused-ring (bicyclic) bond motifs is 1. The molecule has 150 valence electrons. The molecular weight excluding hydrogens is 344 g/mol. The molecule has 0 bridgehead atoms. The average Bonchev–Trinajstić information content (AvgIpc) is 2.93. The summed E-state index contributed by atoms with van der Waals surface area (Å²) < 4.78 is 0. The second kappa shape index (κ2) is 7.83. The molecule has 2 nitrogen and oxygen atoms in total. The zero-order valence-corrected chi connectivity index (χ0v) is 18.3. The Morgan fingerprint density at radius 3 is 1.71 bits per heavy atom. The first kappa shape index (κ1) is 20.8. The maximum absolute atomic E-state index is 13.7. The molecule has 0 saturated heterocycles. The van der Waals surface area contributed by atoms with E-state index in [0.717, 1.165) is 65.5 Å². The fraction of sp³-hybridized carbons (Fsp3) is 0.500. The number of carbonyl (C=O) groups excluding carboxylic acids is 1. The minimum atomic E-state index is -1.47. The molecule has 0 aromatic heterocycles. The van der Waals surface area contributed by atoms with Crippen molar-refractivity contribution >= 4 is 5.78 Å². The Morgan fingerprint density at radius 2 is 1.25 bits per heavy atom. The lowest BCUT2D eigenvalue weighted by molar-refractivity contribution is 0.0228. The van der Waals surface area contributed by atoms with Gasteiger partial charge in [-0.2, -0.15) is 0 Å². The van der Waals surface area contributed by atoms with Crippen LogP contribution in [0.25, 0.3) is 0 Å². The largest absolute Gasteiger partial charge is 0.376 e. The zero-order valence-electron chi connectivity index (χ0n) is 18.3. The molecular formula is C26H34O2. The van der Waals surface area contributed by atoms with Gasteiger partial charge in [0.2, 0.25) is 0 Å². The van der Waals surface area contributed by atoms with Crippen LogP contribution in [0.2, 0.25) is 0 Å². The van der Waals surface area contributed by atoms with Gasteiger partial charge in [-0.05, 0) is 71.0 Å². The molecule has 28 heavy (non-hydrogen) atoms. The highest BCUT2D eigenvalue weighted by Gasteiger charge is 2.53. The number of aryl methyl sites for hydroxylation is 5. The highest BCUT2D eigenvalue weighted by atomic mass is 16.3. The molecule has 0 aliphatic heterocycles. The van der Waals surface area contributed by atoms with Crippen molar-refractivity contribution in [1.82, 2.24) is 0 Å². The van der Waals surface area contributed by atoms with Crippen molar-refractivity contribution in [2.75, 3.05) is 0 Å². The van der Waals surface area contributed by atoms with E-state index < -0.39 is 5.60 Å². The summed E-state index contributed by atoms with van der Waals surface area (Å²) in [5.41, 5.74) is 6.99. The number of carbonyl (C=O) groups is 1. The van der Waals surface area contributed by atoms with Crippen molar-refractivity contribution in [3.63, 3.8) is 0 Å². The van der Waals surface area contributed by atoms with Crippen LogP contribution in [0.3, 0.4) is 0 Å². The van der Waals surface area contributed by atoms with E-state index in [0.29, 0.717) is 0 Å². The fourth-order valence-electron chi connectivity index (χ4n) is 4.93. The van der Waals surface area contributed by atoms with E-state index >= 15 is 0 Å². The van der Waals surface area contributed by atoms with Crippen molar-refractivity contribution in [3.8, 4) is 0 Å². The molecule has 2 aromatic rings. The van der Waals surface area contributed by atoms with Crippen LogP contribution in [-0.4, -0.2) is 10.9 Å². The van der Waals surface area contributed by atoms with E-state index in [1.54, 1.807) is 0 Å². The molecule has 1 N–H and O–H groups in total. The summed E-state index contributed by atoms with van der Waals surface area (Å²) in [4.78, 5) is 13.7. The van der Waals surface area contributed by atoms with E-state index in [1.165, 1.54) is 11.1 Å². The zero-order chi connectivity index (χ0) is 20.6. The number of aliphatic hydroxyl groups is 1. The topological polar surface area (TPSA) is 37.3 Å². The van der Waals surface area contributed by atoms with Crippen LogP contribution in [0, 0.1) is 0 Å². The summed E-state index contributed by atoms with van der Waals surface area (Å²) in [5, 5.41) is 12.0. The van der Waals surface area contributed by atoms with E-state index in [4.69, 9.17) is 0 Å². The SMILES string of the molecule is CCc1cc(CC)c([C@]2(O)C(=O)c3c(CC)cc(CC)cc3[C@@H]2C)c(CC)c1. The maximum atomic E-state index is 13.7. The Balaban J connectivity index is 2.30. The maximum Gasteiger partial charge on any atom is 0.200 e. The first-order valence-corrected chi connectivity index (χ1v) is 10.9.